The fraction of sp³-hybridized carbons (Fsp3) is 1.00. The van der Waals surface area contributed by atoms with Gasteiger partial charge in [0.25, 0.3) is 0 Å². The second-order valence-corrected chi connectivity index (χ2v) is 0.789. The summed E-state index contributed by atoms with van der Waals surface area (Å²) in [6.07, 6.45) is 1.10. The van der Waals surface area contributed by atoms with Crippen LogP contribution in [0.3, 0.4) is 0 Å². The second kappa shape index (κ2) is 51.4. The molecular formula is C3H15Cl2NO2. The molecule has 6 N–H and O–H groups in total. The van der Waals surface area contributed by atoms with Gasteiger partial charge in [-0.2, -0.15) is 0 Å². The average molecular weight is 168 g/mol. The Labute approximate surface area is 62.1 Å². The SMILES string of the molecule is CCCN.Cl.Cl.O.O. The van der Waals surface area contributed by atoms with Crippen LogP contribution in [0.2, 0.25) is 0 Å². The molecule has 0 radical (unpaired) electrons. The van der Waals surface area contributed by atoms with Gasteiger partial charge in [-0.1, -0.05) is 6.92 Å². The van der Waals surface area contributed by atoms with Crippen LogP contribution in [0.25, 0.3) is 0 Å². The molecule has 0 aliphatic rings. The minimum absolute atomic E-state index is 0. The van der Waals surface area contributed by atoms with Gasteiger partial charge in [0.1, 0.15) is 0 Å². The first kappa shape index (κ1) is 39.3. The molecule has 0 unspecified atom stereocenters. The third-order valence-corrected chi connectivity index (χ3v) is 0.289. The van der Waals surface area contributed by atoms with E-state index < -0.39 is 0 Å². The van der Waals surface area contributed by atoms with Gasteiger partial charge in [0, 0.05) is 0 Å². The lowest BCUT2D eigenvalue weighted by Gasteiger charge is -1.70. The number of hydrogen-bond donors (Lipinski definition) is 1. The molecule has 0 saturated carbocycles. The Balaban J connectivity index is -0.00000000750. The van der Waals surface area contributed by atoms with Gasteiger partial charge in [-0.3, -0.25) is 0 Å². The van der Waals surface area contributed by atoms with Crippen LogP contribution in [0.1, 0.15) is 13.3 Å². The maximum atomic E-state index is 5.03. The van der Waals surface area contributed by atoms with Gasteiger partial charge in [0.05, 0.1) is 0 Å². The normalized spacial score (nSPS) is 3.75. The van der Waals surface area contributed by atoms with Gasteiger partial charge in [-0.25, -0.2) is 0 Å². The summed E-state index contributed by atoms with van der Waals surface area (Å²) in [5.41, 5.74) is 5.03. The Morgan fingerprint density at radius 1 is 1.12 bits per heavy atom. The van der Waals surface area contributed by atoms with Gasteiger partial charge in [-0.15, -0.1) is 24.8 Å². The van der Waals surface area contributed by atoms with Crippen molar-refractivity contribution in [2.24, 2.45) is 5.73 Å². The molecule has 0 aliphatic carbocycles. The van der Waals surface area contributed by atoms with E-state index >= 15 is 0 Å². The molecule has 0 aromatic rings. The molecule has 0 aromatic carbocycles. The minimum Gasteiger partial charge on any atom is -0.412 e. The number of nitrogens with two attached hydrogens (primary N) is 1. The highest BCUT2D eigenvalue weighted by Gasteiger charge is 1.55. The van der Waals surface area contributed by atoms with Crippen molar-refractivity contribution < 1.29 is 11.0 Å². The predicted octanol–water partition coefficient (Wildman–Crippen LogP) is -0.451. The molecule has 0 fully saturated rings. The van der Waals surface area contributed by atoms with Crippen LogP contribution in [0.5, 0.6) is 0 Å². The monoisotopic (exact) mass is 167 g/mol. The molecule has 8 heavy (non-hydrogen) atoms. The molecule has 0 amide bonds. The Morgan fingerprint density at radius 2 is 1.25 bits per heavy atom. The molecule has 58 valence electrons. The van der Waals surface area contributed by atoms with Crippen molar-refractivity contribution in [1.82, 2.24) is 0 Å². The van der Waals surface area contributed by atoms with E-state index in [-0.39, 0.29) is 35.8 Å². The quantitative estimate of drug-likeness (QED) is 0.564. The van der Waals surface area contributed by atoms with E-state index in [9.17, 15) is 0 Å². The summed E-state index contributed by atoms with van der Waals surface area (Å²) in [4.78, 5) is 0. The Kier molecular flexibility index (Phi) is 253. The maximum Gasteiger partial charge on any atom is -0.00799 e. The zero-order chi connectivity index (χ0) is 3.41. The molecule has 3 nitrogen and oxygen atoms in total. The molecule has 0 atom stereocenters. The van der Waals surface area contributed by atoms with Crippen molar-refractivity contribution in [1.29, 1.82) is 0 Å². The van der Waals surface area contributed by atoms with Crippen molar-refractivity contribution in [2.45, 2.75) is 13.3 Å². The Morgan fingerprint density at radius 3 is 1.25 bits per heavy atom. The van der Waals surface area contributed by atoms with Gasteiger partial charge in [0.2, 0.25) is 0 Å². The molecule has 0 heterocycles. The summed E-state index contributed by atoms with van der Waals surface area (Å²) in [7, 11) is 0. The standard InChI is InChI=1S/C3H9N.2ClH.2H2O/c1-2-3-4;;;;/h2-4H2,1H3;2*1H;2*1H2. The van der Waals surface area contributed by atoms with E-state index in [2.05, 4.69) is 6.92 Å². The number of halogens is 2. The topological polar surface area (TPSA) is 89.0 Å². The van der Waals surface area contributed by atoms with E-state index in [0.717, 1.165) is 13.0 Å². The number of rotatable bonds is 1. The van der Waals surface area contributed by atoms with Crippen molar-refractivity contribution in [3.8, 4) is 0 Å². The highest BCUT2D eigenvalue weighted by atomic mass is 35.5. The third-order valence-electron chi connectivity index (χ3n) is 0.289. The summed E-state index contributed by atoms with van der Waals surface area (Å²) in [5.74, 6) is 0. The highest BCUT2D eigenvalue weighted by Crippen LogP contribution is 1.57. The first-order chi connectivity index (χ1) is 1.91. The zero-order valence-corrected chi connectivity index (χ0v) is 6.44. The zero-order valence-electron chi connectivity index (χ0n) is 4.81. The summed E-state index contributed by atoms with van der Waals surface area (Å²) >= 11 is 0. The van der Waals surface area contributed by atoms with Crippen LogP contribution in [0.4, 0.5) is 0 Å². The molecule has 0 rings (SSSR count). The second-order valence-electron chi connectivity index (χ2n) is 0.789. The van der Waals surface area contributed by atoms with Gasteiger partial charge in [0.15, 0.2) is 0 Å². The van der Waals surface area contributed by atoms with Crippen LogP contribution in [0, 0.1) is 0 Å². The van der Waals surface area contributed by atoms with Crippen LogP contribution in [0.15, 0.2) is 0 Å². The van der Waals surface area contributed by atoms with E-state index in [1.165, 1.54) is 0 Å². The van der Waals surface area contributed by atoms with Gasteiger partial charge < -0.3 is 16.7 Å². The molecular weight excluding hydrogens is 153 g/mol. The fourth-order valence-electron chi connectivity index (χ4n) is 0. The maximum absolute atomic E-state index is 5.03. The largest absolute Gasteiger partial charge is 0.412 e. The molecule has 0 saturated heterocycles. The molecule has 5 heteroatoms. The fourth-order valence-corrected chi connectivity index (χ4v) is 0. The minimum atomic E-state index is 0. The summed E-state index contributed by atoms with van der Waals surface area (Å²) in [6, 6.07) is 0. The Bertz CT molecular complexity index is 17.2. The van der Waals surface area contributed by atoms with Gasteiger partial charge in [-0.05, 0) is 13.0 Å². The lowest BCUT2D eigenvalue weighted by Crippen LogP contribution is -1.93. The van der Waals surface area contributed by atoms with Crippen LogP contribution in [-0.4, -0.2) is 17.5 Å². The van der Waals surface area contributed by atoms with E-state index in [0.29, 0.717) is 0 Å². The molecule has 0 spiro atoms. The van der Waals surface area contributed by atoms with Crippen LogP contribution < -0.4 is 5.73 Å². The van der Waals surface area contributed by atoms with Crippen molar-refractivity contribution in [3.63, 3.8) is 0 Å². The third kappa shape index (κ3) is 90.3. The first-order valence-corrected chi connectivity index (χ1v) is 1.62. The number of hydrogen-bond acceptors (Lipinski definition) is 1. The first-order valence-electron chi connectivity index (χ1n) is 1.62. The lowest BCUT2D eigenvalue weighted by atomic mass is 10.5. The van der Waals surface area contributed by atoms with Crippen molar-refractivity contribution >= 4 is 24.8 Å². The lowest BCUT2D eigenvalue weighted by molar-refractivity contribution is 0.823. The Hall–Kier alpha value is 0.460. The highest BCUT2D eigenvalue weighted by molar-refractivity contribution is 5.85. The average Bonchev–Trinajstić information content (AvgIpc) is 1.37. The summed E-state index contributed by atoms with van der Waals surface area (Å²) < 4.78 is 0. The van der Waals surface area contributed by atoms with Crippen LogP contribution in [-0.2, 0) is 0 Å². The summed E-state index contributed by atoms with van der Waals surface area (Å²) in [5, 5.41) is 0. The van der Waals surface area contributed by atoms with E-state index in [1.54, 1.807) is 0 Å². The van der Waals surface area contributed by atoms with Crippen molar-refractivity contribution in [3.05, 3.63) is 0 Å². The van der Waals surface area contributed by atoms with E-state index in [4.69, 9.17) is 5.73 Å². The van der Waals surface area contributed by atoms with Gasteiger partial charge >= 0.3 is 0 Å². The molecule has 0 aliphatic heterocycles. The smallest absolute Gasteiger partial charge is 0.00799 e. The van der Waals surface area contributed by atoms with Crippen molar-refractivity contribution in [2.75, 3.05) is 6.54 Å². The van der Waals surface area contributed by atoms with E-state index in [1.807, 2.05) is 0 Å². The van der Waals surface area contributed by atoms with Crippen LogP contribution >= 0.6 is 24.8 Å². The molecule has 0 aromatic heterocycles. The predicted molar refractivity (Wildman–Crippen MR) is 41.1 cm³/mol. The summed E-state index contributed by atoms with van der Waals surface area (Å²) in [6.45, 7) is 2.88. The molecule has 0 bridgehead atoms.